The molecule has 0 bridgehead atoms. The molecule has 0 spiro atoms. The highest BCUT2D eigenvalue weighted by Crippen LogP contribution is 2.36. The fourth-order valence-electron chi connectivity index (χ4n) is 4.29. The van der Waals surface area contributed by atoms with Gasteiger partial charge in [-0.3, -0.25) is 4.90 Å². The molecule has 37 heavy (non-hydrogen) atoms. The van der Waals surface area contributed by atoms with Gasteiger partial charge in [-0.05, 0) is 49.1 Å². The van der Waals surface area contributed by atoms with Crippen LogP contribution in [0, 0.1) is 0 Å². The Morgan fingerprint density at radius 2 is 2.00 bits per heavy atom. The van der Waals surface area contributed by atoms with E-state index in [0.717, 1.165) is 65.9 Å². The van der Waals surface area contributed by atoms with Crippen molar-refractivity contribution in [2.24, 2.45) is 0 Å². The van der Waals surface area contributed by atoms with Gasteiger partial charge in [-0.2, -0.15) is 0 Å². The van der Waals surface area contributed by atoms with E-state index in [0.29, 0.717) is 35.4 Å². The van der Waals surface area contributed by atoms with Crippen LogP contribution < -0.4 is 14.8 Å². The summed E-state index contributed by atoms with van der Waals surface area (Å²) in [6.45, 7) is 7.22. The molecule has 3 heterocycles. The standard InChI is InChI=1S/C27H30N4O5S/c1-3-35-27(32)25-14-18-13-19(5-6-24(18)37-25)30-26-20-15-23(22(33-2)16-21(20)28-17-29-26)36-10-4-7-31-8-11-34-12-9-31/h5-6,13-17H,3-4,7-12H2,1-2H3,(H,28,29,30). The SMILES string of the molecule is CCOC(=O)c1cc2cc(Nc3ncnc4cc(OC)c(OCCCN5CCOCC5)cc34)ccc2s1. The Bertz CT molecular complexity index is 1390. The van der Waals surface area contributed by atoms with Gasteiger partial charge < -0.3 is 24.3 Å². The summed E-state index contributed by atoms with van der Waals surface area (Å²) >= 11 is 1.42. The topological polar surface area (TPSA) is 95.0 Å². The molecule has 0 amide bonds. The first-order chi connectivity index (χ1) is 18.1. The van der Waals surface area contributed by atoms with Crippen molar-refractivity contribution in [1.29, 1.82) is 0 Å². The van der Waals surface area contributed by atoms with Crippen molar-refractivity contribution in [3.8, 4) is 11.5 Å². The van der Waals surface area contributed by atoms with E-state index in [2.05, 4.69) is 20.2 Å². The van der Waals surface area contributed by atoms with E-state index in [9.17, 15) is 4.79 Å². The number of fused-ring (bicyclic) bond motifs is 2. The number of aromatic nitrogens is 2. The number of nitrogens with zero attached hydrogens (tertiary/aromatic N) is 3. The van der Waals surface area contributed by atoms with E-state index >= 15 is 0 Å². The summed E-state index contributed by atoms with van der Waals surface area (Å²) in [5, 5.41) is 5.18. The van der Waals surface area contributed by atoms with Crippen LogP contribution >= 0.6 is 11.3 Å². The molecule has 2 aromatic carbocycles. The molecule has 1 aliphatic rings. The molecule has 0 radical (unpaired) electrons. The normalized spacial score (nSPS) is 14.1. The second-order valence-electron chi connectivity index (χ2n) is 8.61. The van der Waals surface area contributed by atoms with Crippen LogP contribution in [0.15, 0.2) is 42.7 Å². The highest BCUT2D eigenvalue weighted by Gasteiger charge is 2.15. The fourth-order valence-corrected chi connectivity index (χ4v) is 5.23. The number of rotatable bonds is 10. The molecule has 0 unspecified atom stereocenters. The highest BCUT2D eigenvalue weighted by atomic mass is 32.1. The maximum Gasteiger partial charge on any atom is 0.348 e. The zero-order chi connectivity index (χ0) is 25.6. The third-order valence-electron chi connectivity index (χ3n) is 6.16. The second kappa shape index (κ2) is 11.7. The molecule has 5 rings (SSSR count). The monoisotopic (exact) mass is 522 g/mol. The van der Waals surface area contributed by atoms with Crippen LogP contribution in [0.5, 0.6) is 11.5 Å². The van der Waals surface area contributed by atoms with Gasteiger partial charge in [-0.25, -0.2) is 14.8 Å². The summed E-state index contributed by atoms with van der Waals surface area (Å²) in [5.74, 6) is 1.65. The molecule has 1 fully saturated rings. The highest BCUT2D eigenvalue weighted by molar-refractivity contribution is 7.20. The van der Waals surface area contributed by atoms with Crippen LogP contribution in [-0.2, 0) is 9.47 Å². The van der Waals surface area contributed by atoms with Gasteiger partial charge in [-0.1, -0.05) is 0 Å². The lowest BCUT2D eigenvalue weighted by molar-refractivity contribution is 0.0357. The molecule has 1 N–H and O–H groups in total. The van der Waals surface area contributed by atoms with E-state index in [1.54, 1.807) is 14.0 Å². The van der Waals surface area contributed by atoms with Crippen molar-refractivity contribution in [3.63, 3.8) is 0 Å². The number of hydrogen-bond acceptors (Lipinski definition) is 10. The molecular weight excluding hydrogens is 492 g/mol. The zero-order valence-corrected chi connectivity index (χ0v) is 21.8. The molecule has 1 aliphatic heterocycles. The van der Waals surface area contributed by atoms with E-state index in [4.69, 9.17) is 18.9 Å². The number of anilines is 2. The minimum atomic E-state index is -0.300. The minimum absolute atomic E-state index is 0.300. The van der Waals surface area contributed by atoms with E-state index in [1.807, 2.05) is 36.4 Å². The number of hydrogen-bond donors (Lipinski definition) is 1. The molecule has 0 saturated carbocycles. The van der Waals surface area contributed by atoms with Crippen molar-refractivity contribution in [3.05, 3.63) is 47.6 Å². The molecule has 4 aromatic rings. The van der Waals surface area contributed by atoms with Crippen LogP contribution in [0.2, 0.25) is 0 Å². The molecular formula is C27H30N4O5S. The van der Waals surface area contributed by atoms with Gasteiger partial charge in [0.15, 0.2) is 11.5 Å². The summed E-state index contributed by atoms with van der Waals surface area (Å²) in [4.78, 5) is 24.0. The summed E-state index contributed by atoms with van der Waals surface area (Å²) in [7, 11) is 1.63. The summed E-state index contributed by atoms with van der Waals surface area (Å²) in [6, 6.07) is 11.6. The third kappa shape index (κ3) is 5.93. The van der Waals surface area contributed by atoms with Crippen LogP contribution in [0.1, 0.15) is 23.0 Å². The van der Waals surface area contributed by atoms with Gasteiger partial charge in [0.2, 0.25) is 0 Å². The van der Waals surface area contributed by atoms with Gasteiger partial charge in [0.05, 0.1) is 39.1 Å². The summed E-state index contributed by atoms with van der Waals surface area (Å²) in [5.41, 5.74) is 1.60. The molecule has 10 heteroatoms. The smallest absolute Gasteiger partial charge is 0.348 e. The first-order valence-corrected chi connectivity index (χ1v) is 13.2. The summed E-state index contributed by atoms with van der Waals surface area (Å²) < 4.78 is 23.3. The van der Waals surface area contributed by atoms with Crippen molar-refractivity contribution < 1.29 is 23.7 Å². The number of ether oxygens (including phenoxy) is 4. The second-order valence-corrected chi connectivity index (χ2v) is 9.69. The summed E-state index contributed by atoms with van der Waals surface area (Å²) in [6.07, 6.45) is 2.43. The van der Waals surface area contributed by atoms with Crippen LogP contribution in [-0.4, -0.2) is 74.0 Å². The first kappa shape index (κ1) is 25.2. The van der Waals surface area contributed by atoms with Crippen molar-refractivity contribution >= 4 is 49.8 Å². The van der Waals surface area contributed by atoms with Gasteiger partial charge in [0.25, 0.3) is 0 Å². The lowest BCUT2D eigenvalue weighted by Gasteiger charge is -2.26. The molecule has 0 atom stereocenters. The molecule has 9 nitrogen and oxygen atoms in total. The van der Waals surface area contributed by atoms with Crippen LogP contribution in [0.3, 0.4) is 0 Å². The maximum atomic E-state index is 12.1. The van der Waals surface area contributed by atoms with Crippen molar-refractivity contribution in [1.82, 2.24) is 14.9 Å². The Kier molecular flexibility index (Phi) is 7.98. The van der Waals surface area contributed by atoms with Crippen molar-refractivity contribution in [2.45, 2.75) is 13.3 Å². The van der Waals surface area contributed by atoms with Crippen LogP contribution in [0.25, 0.3) is 21.0 Å². The first-order valence-electron chi connectivity index (χ1n) is 12.4. The molecule has 2 aromatic heterocycles. The largest absolute Gasteiger partial charge is 0.493 e. The van der Waals surface area contributed by atoms with Gasteiger partial charge >= 0.3 is 5.97 Å². The Morgan fingerprint density at radius 3 is 2.81 bits per heavy atom. The number of thiophene rings is 1. The number of nitrogens with one attached hydrogen (secondary N) is 1. The Labute approximate surface area is 219 Å². The number of benzene rings is 2. The van der Waals surface area contributed by atoms with Crippen molar-refractivity contribution in [2.75, 3.05) is 58.5 Å². The Balaban J connectivity index is 1.34. The zero-order valence-electron chi connectivity index (χ0n) is 21.0. The lowest BCUT2D eigenvalue weighted by Crippen LogP contribution is -2.37. The maximum absolute atomic E-state index is 12.1. The van der Waals surface area contributed by atoms with Gasteiger partial charge in [-0.15, -0.1) is 11.3 Å². The van der Waals surface area contributed by atoms with Gasteiger partial charge in [0, 0.05) is 41.5 Å². The Morgan fingerprint density at radius 1 is 1.14 bits per heavy atom. The van der Waals surface area contributed by atoms with E-state index in [1.165, 1.54) is 17.7 Å². The average molecular weight is 523 g/mol. The fraction of sp³-hybridized carbons (Fsp3) is 0.370. The predicted octanol–water partition coefficient (Wildman–Crippen LogP) is 4.87. The number of methoxy groups -OCH3 is 1. The Hall–Kier alpha value is -3.47. The third-order valence-corrected chi connectivity index (χ3v) is 7.25. The minimum Gasteiger partial charge on any atom is -0.493 e. The lowest BCUT2D eigenvalue weighted by atomic mass is 10.2. The predicted molar refractivity (Wildman–Crippen MR) is 145 cm³/mol. The molecule has 194 valence electrons. The average Bonchev–Trinajstić information content (AvgIpc) is 3.35. The molecule has 1 saturated heterocycles. The number of esters is 1. The molecule has 0 aliphatic carbocycles. The quantitative estimate of drug-likeness (QED) is 0.231. The number of carbonyl (C=O) groups is 1. The van der Waals surface area contributed by atoms with Crippen LogP contribution in [0.4, 0.5) is 11.5 Å². The number of carbonyl (C=O) groups excluding carboxylic acids is 1. The van der Waals surface area contributed by atoms with E-state index < -0.39 is 0 Å². The van der Waals surface area contributed by atoms with E-state index in [-0.39, 0.29) is 5.97 Å². The number of morpholine rings is 1. The van der Waals surface area contributed by atoms with Gasteiger partial charge in [0.1, 0.15) is 17.0 Å².